The molecule has 1 heterocycles. The molecular weight excluding hydrogens is 262 g/mol. The summed E-state index contributed by atoms with van der Waals surface area (Å²) in [6.07, 6.45) is 0.701. The second-order valence-electron chi connectivity index (χ2n) is 4.48. The molecule has 3 aromatic rings. The first kappa shape index (κ1) is 11.9. The minimum absolute atomic E-state index is 0.153. The van der Waals surface area contributed by atoms with Crippen LogP contribution in [0, 0.1) is 0 Å². The van der Waals surface area contributed by atoms with Gasteiger partial charge >= 0.3 is 0 Å². The first-order valence-corrected chi connectivity index (χ1v) is 6.24. The highest BCUT2D eigenvalue weighted by Gasteiger charge is 2.07. The van der Waals surface area contributed by atoms with Gasteiger partial charge in [-0.15, -0.1) is 0 Å². The first-order valence-electron chi connectivity index (χ1n) is 5.86. The molecule has 0 saturated heterocycles. The summed E-state index contributed by atoms with van der Waals surface area (Å²) in [6, 6.07) is 11.2. The van der Waals surface area contributed by atoms with E-state index in [0.717, 1.165) is 16.6 Å². The van der Waals surface area contributed by atoms with Crippen molar-refractivity contribution in [3.63, 3.8) is 0 Å². The maximum atomic E-state index is 11.5. The summed E-state index contributed by atoms with van der Waals surface area (Å²) in [7, 11) is 0. The number of nitrogen functional groups attached to an aromatic ring is 1. The molecule has 0 unspecified atom stereocenters. The van der Waals surface area contributed by atoms with Crippen molar-refractivity contribution in [2.24, 2.45) is 0 Å². The SMILES string of the molecule is Nc1cc2c(=O)[nH][nH]c2cc1Cc1ccc(Cl)cc1. The molecule has 0 atom stereocenters. The van der Waals surface area contributed by atoms with Crippen LogP contribution < -0.4 is 11.3 Å². The minimum Gasteiger partial charge on any atom is -0.398 e. The molecule has 0 spiro atoms. The monoisotopic (exact) mass is 273 g/mol. The fourth-order valence-corrected chi connectivity index (χ4v) is 2.25. The first-order chi connectivity index (χ1) is 9.13. The molecule has 96 valence electrons. The molecule has 5 heteroatoms. The molecule has 0 aliphatic carbocycles. The molecule has 0 aliphatic heterocycles. The number of H-pyrrole nitrogens is 2. The molecule has 4 N–H and O–H groups in total. The molecule has 0 bridgehead atoms. The molecule has 0 radical (unpaired) electrons. The number of benzene rings is 2. The lowest BCUT2D eigenvalue weighted by Gasteiger charge is -2.06. The number of rotatable bonds is 2. The van der Waals surface area contributed by atoms with Gasteiger partial charge in [0, 0.05) is 10.7 Å². The van der Waals surface area contributed by atoms with Crippen molar-refractivity contribution >= 4 is 28.2 Å². The Kier molecular flexibility index (Phi) is 2.80. The van der Waals surface area contributed by atoms with Crippen LogP contribution in [0.1, 0.15) is 11.1 Å². The van der Waals surface area contributed by atoms with Gasteiger partial charge in [0.2, 0.25) is 0 Å². The summed E-state index contributed by atoms with van der Waals surface area (Å²) in [4.78, 5) is 11.5. The average Bonchev–Trinajstić information content (AvgIpc) is 2.74. The smallest absolute Gasteiger partial charge is 0.271 e. The fourth-order valence-electron chi connectivity index (χ4n) is 2.12. The number of halogens is 1. The van der Waals surface area contributed by atoms with Gasteiger partial charge in [-0.1, -0.05) is 23.7 Å². The van der Waals surface area contributed by atoms with E-state index in [1.54, 1.807) is 6.07 Å². The topological polar surface area (TPSA) is 74.7 Å². The molecule has 4 nitrogen and oxygen atoms in total. The van der Waals surface area contributed by atoms with E-state index in [1.165, 1.54) is 0 Å². The van der Waals surface area contributed by atoms with Crippen molar-refractivity contribution in [2.45, 2.75) is 6.42 Å². The van der Waals surface area contributed by atoms with Crippen LogP contribution in [-0.4, -0.2) is 10.2 Å². The normalized spacial score (nSPS) is 11.0. The maximum absolute atomic E-state index is 11.5. The lowest BCUT2D eigenvalue weighted by Crippen LogP contribution is -2.00. The van der Waals surface area contributed by atoms with Gasteiger partial charge in [-0.3, -0.25) is 15.0 Å². The lowest BCUT2D eigenvalue weighted by molar-refractivity contribution is 1.08. The number of fused-ring (bicyclic) bond motifs is 1. The largest absolute Gasteiger partial charge is 0.398 e. The molecule has 0 saturated carbocycles. The van der Waals surface area contributed by atoms with Gasteiger partial charge in [-0.2, -0.15) is 0 Å². The van der Waals surface area contributed by atoms with Crippen LogP contribution in [0.3, 0.4) is 0 Å². The summed E-state index contributed by atoms with van der Waals surface area (Å²) < 4.78 is 0. The zero-order valence-corrected chi connectivity index (χ0v) is 10.8. The molecule has 0 aliphatic rings. The van der Waals surface area contributed by atoms with Crippen molar-refractivity contribution in [3.8, 4) is 0 Å². The highest BCUT2D eigenvalue weighted by Crippen LogP contribution is 2.21. The van der Waals surface area contributed by atoms with Crippen molar-refractivity contribution in [3.05, 3.63) is 62.9 Å². The van der Waals surface area contributed by atoms with E-state index in [1.807, 2.05) is 30.3 Å². The van der Waals surface area contributed by atoms with E-state index in [9.17, 15) is 4.79 Å². The Morgan fingerprint density at radius 1 is 1.11 bits per heavy atom. The second kappa shape index (κ2) is 4.48. The van der Waals surface area contributed by atoms with Crippen LogP contribution in [0.15, 0.2) is 41.2 Å². The van der Waals surface area contributed by atoms with Gasteiger partial charge in [0.1, 0.15) is 0 Å². The van der Waals surface area contributed by atoms with Crippen LogP contribution in [0.4, 0.5) is 5.69 Å². The second-order valence-corrected chi connectivity index (χ2v) is 4.92. The number of aromatic nitrogens is 2. The van der Waals surface area contributed by atoms with Crippen LogP contribution >= 0.6 is 11.6 Å². The fraction of sp³-hybridized carbons (Fsp3) is 0.0714. The number of hydrogen-bond donors (Lipinski definition) is 3. The number of anilines is 1. The predicted octanol–water partition coefficient (Wildman–Crippen LogP) is 2.68. The number of aromatic amines is 2. The number of hydrogen-bond acceptors (Lipinski definition) is 2. The Bertz CT molecular complexity index is 787. The zero-order chi connectivity index (χ0) is 13.4. The average molecular weight is 274 g/mol. The van der Waals surface area contributed by atoms with Crippen molar-refractivity contribution in [1.82, 2.24) is 10.2 Å². The van der Waals surface area contributed by atoms with Gasteiger partial charge in [-0.25, -0.2) is 0 Å². The van der Waals surface area contributed by atoms with E-state index in [-0.39, 0.29) is 5.56 Å². The van der Waals surface area contributed by atoms with Gasteiger partial charge in [-0.05, 0) is 41.8 Å². The van der Waals surface area contributed by atoms with Crippen molar-refractivity contribution in [1.29, 1.82) is 0 Å². The summed E-state index contributed by atoms with van der Waals surface area (Å²) in [5.41, 5.74) is 9.33. The quantitative estimate of drug-likeness (QED) is 0.628. The summed E-state index contributed by atoms with van der Waals surface area (Å²) in [6.45, 7) is 0. The van der Waals surface area contributed by atoms with Crippen molar-refractivity contribution in [2.75, 3.05) is 5.73 Å². The molecule has 3 rings (SSSR count). The molecule has 0 fully saturated rings. The highest BCUT2D eigenvalue weighted by atomic mass is 35.5. The third-order valence-electron chi connectivity index (χ3n) is 3.14. The number of nitrogens with two attached hydrogens (primary N) is 1. The minimum atomic E-state index is -0.153. The van der Waals surface area contributed by atoms with Gasteiger partial charge in [0.05, 0.1) is 10.9 Å². The van der Waals surface area contributed by atoms with Gasteiger partial charge in [0.25, 0.3) is 5.56 Å². The van der Waals surface area contributed by atoms with Crippen LogP contribution in [0.5, 0.6) is 0 Å². The molecule has 0 amide bonds. The Hall–Kier alpha value is -2.20. The highest BCUT2D eigenvalue weighted by molar-refractivity contribution is 6.30. The van der Waals surface area contributed by atoms with E-state index in [4.69, 9.17) is 17.3 Å². The van der Waals surface area contributed by atoms with Crippen LogP contribution in [0.25, 0.3) is 10.9 Å². The maximum Gasteiger partial charge on any atom is 0.271 e. The van der Waals surface area contributed by atoms with E-state index < -0.39 is 0 Å². The standard InChI is InChI=1S/C14H12ClN3O/c15-10-3-1-8(2-4-10)5-9-6-13-11(7-12(9)16)14(19)18-17-13/h1-4,6-7H,5,16H2,(H2,17,18,19). The van der Waals surface area contributed by atoms with Crippen LogP contribution in [0.2, 0.25) is 5.02 Å². The Labute approximate surface area is 114 Å². The Morgan fingerprint density at radius 3 is 2.58 bits per heavy atom. The Morgan fingerprint density at radius 2 is 1.84 bits per heavy atom. The van der Waals surface area contributed by atoms with E-state index >= 15 is 0 Å². The van der Waals surface area contributed by atoms with Gasteiger partial charge in [0.15, 0.2) is 0 Å². The summed E-state index contributed by atoms with van der Waals surface area (Å²) in [5.74, 6) is 0. The number of nitrogens with one attached hydrogen (secondary N) is 2. The lowest BCUT2D eigenvalue weighted by atomic mass is 10.0. The molecule has 19 heavy (non-hydrogen) atoms. The molecule has 2 aromatic carbocycles. The van der Waals surface area contributed by atoms with Gasteiger partial charge < -0.3 is 5.73 Å². The summed E-state index contributed by atoms with van der Waals surface area (Å²) in [5, 5.41) is 6.68. The van der Waals surface area contributed by atoms with E-state index in [2.05, 4.69) is 10.2 Å². The molecular formula is C14H12ClN3O. The summed E-state index contributed by atoms with van der Waals surface area (Å²) >= 11 is 5.86. The third kappa shape index (κ3) is 2.22. The predicted molar refractivity (Wildman–Crippen MR) is 77.6 cm³/mol. The molecule has 1 aromatic heterocycles. The zero-order valence-electron chi connectivity index (χ0n) is 10.0. The van der Waals surface area contributed by atoms with Crippen molar-refractivity contribution < 1.29 is 0 Å². The van der Waals surface area contributed by atoms with Crippen LogP contribution in [-0.2, 0) is 6.42 Å². The van der Waals surface area contributed by atoms with E-state index in [0.29, 0.717) is 22.5 Å². The Balaban J connectivity index is 2.02. The third-order valence-corrected chi connectivity index (χ3v) is 3.39.